The lowest BCUT2D eigenvalue weighted by molar-refractivity contribution is -0.117. The van der Waals surface area contributed by atoms with Crippen LogP contribution in [0, 0.1) is 0 Å². The molecule has 2 nitrogen and oxygen atoms in total. The van der Waals surface area contributed by atoms with Gasteiger partial charge in [-0.15, -0.1) is 0 Å². The number of hydrogen-bond donors (Lipinski definition) is 1. The molecule has 0 bridgehead atoms. The van der Waals surface area contributed by atoms with E-state index in [0.717, 1.165) is 6.42 Å². The highest BCUT2D eigenvalue weighted by Crippen LogP contribution is 2.31. The van der Waals surface area contributed by atoms with Crippen molar-refractivity contribution in [2.24, 2.45) is 0 Å². The molecule has 86 valence electrons. The second-order valence-corrected chi connectivity index (χ2v) is 5.36. The summed E-state index contributed by atoms with van der Waals surface area (Å²) in [5.74, 6) is 0.241. The van der Waals surface area contributed by atoms with E-state index in [1.54, 1.807) is 6.92 Å². The van der Waals surface area contributed by atoms with Crippen LogP contribution in [0.5, 0.6) is 0 Å². The van der Waals surface area contributed by atoms with Gasteiger partial charge in [-0.3, -0.25) is 4.79 Å². The number of hydrogen-bond acceptors (Lipinski definition) is 2. The van der Waals surface area contributed by atoms with Crippen LogP contribution in [0.1, 0.15) is 44.4 Å². The SMILES string of the molecule is CC(=O)CC1NC(C)(C)Cc2ccccc21. The maximum absolute atomic E-state index is 11.3. The van der Waals surface area contributed by atoms with E-state index in [9.17, 15) is 4.79 Å². The van der Waals surface area contributed by atoms with E-state index in [1.165, 1.54) is 11.1 Å². The van der Waals surface area contributed by atoms with Gasteiger partial charge in [-0.2, -0.15) is 0 Å². The second kappa shape index (κ2) is 4.02. The molecule has 1 heterocycles. The average molecular weight is 217 g/mol. The summed E-state index contributed by atoms with van der Waals surface area (Å²) >= 11 is 0. The van der Waals surface area contributed by atoms with Crippen molar-refractivity contribution in [1.29, 1.82) is 0 Å². The molecular formula is C14H19NO. The lowest BCUT2D eigenvalue weighted by atomic mass is 9.82. The molecule has 0 radical (unpaired) electrons. The number of carbonyl (C=O) groups excluding carboxylic acids is 1. The van der Waals surface area contributed by atoms with Crippen molar-refractivity contribution >= 4 is 5.78 Å². The Balaban J connectivity index is 2.35. The zero-order chi connectivity index (χ0) is 11.8. The first kappa shape index (κ1) is 11.3. The van der Waals surface area contributed by atoms with Gasteiger partial charge in [0.1, 0.15) is 5.78 Å². The number of carbonyl (C=O) groups is 1. The molecule has 1 N–H and O–H groups in total. The van der Waals surface area contributed by atoms with Gasteiger partial charge in [-0.05, 0) is 38.3 Å². The first-order valence-electron chi connectivity index (χ1n) is 5.83. The van der Waals surface area contributed by atoms with Crippen LogP contribution >= 0.6 is 0 Å². The van der Waals surface area contributed by atoms with Crippen molar-refractivity contribution in [1.82, 2.24) is 5.32 Å². The third kappa shape index (κ3) is 2.33. The Morgan fingerprint density at radius 2 is 2.12 bits per heavy atom. The Morgan fingerprint density at radius 3 is 2.81 bits per heavy atom. The van der Waals surface area contributed by atoms with Gasteiger partial charge in [0.2, 0.25) is 0 Å². The summed E-state index contributed by atoms with van der Waals surface area (Å²) in [7, 11) is 0. The Kier molecular flexibility index (Phi) is 2.85. The molecule has 0 aliphatic carbocycles. The van der Waals surface area contributed by atoms with Crippen LogP contribution in [-0.2, 0) is 11.2 Å². The molecule has 0 spiro atoms. The van der Waals surface area contributed by atoms with Crippen LogP contribution in [0.25, 0.3) is 0 Å². The van der Waals surface area contributed by atoms with Crippen LogP contribution in [0.15, 0.2) is 24.3 Å². The Labute approximate surface area is 97.1 Å². The van der Waals surface area contributed by atoms with Crippen molar-refractivity contribution in [3.8, 4) is 0 Å². The van der Waals surface area contributed by atoms with E-state index in [4.69, 9.17) is 0 Å². The largest absolute Gasteiger partial charge is 0.304 e. The highest BCUT2D eigenvalue weighted by atomic mass is 16.1. The average Bonchev–Trinajstić information content (AvgIpc) is 2.14. The number of fused-ring (bicyclic) bond motifs is 1. The first-order valence-corrected chi connectivity index (χ1v) is 5.83. The molecule has 0 aromatic heterocycles. The van der Waals surface area contributed by atoms with E-state index in [1.807, 2.05) is 6.07 Å². The molecule has 0 amide bonds. The maximum atomic E-state index is 11.3. The van der Waals surface area contributed by atoms with Gasteiger partial charge in [0.15, 0.2) is 0 Å². The standard InChI is InChI=1S/C14H19NO/c1-10(16)8-13-12-7-5-4-6-11(12)9-14(2,3)15-13/h4-7,13,15H,8-9H2,1-3H3. The molecular weight excluding hydrogens is 198 g/mol. The van der Waals surface area contributed by atoms with Crippen molar-refractivity contribution in [2.75, 3.05) is 0 Å². The lowest BCUT2D eigenvalue weighted by Gasteiger charge is -2.38. The zero-order valence-electron chi connectivity index (χ0n) is 10.2. The first-order chi connectivity index (χ1) is 7.48. The Hall–Kier alpha value is -1.15. The van der Waals surface area contributed by atoms with Crippen LogP contribution in [0.3, 0.4) is 0 Å². The molecule has 0 saturated heterocycles. The van der Waals surface area contributed by atoms with Crippen molar-refractivity contribution in [2.45, 2.75) is 45.2 Å². The molecule has 1 atom stereocenters. The Morgan fingerprint density at radius 1 is 1.44 bits per heavy atom. The summed E-state index contributed by atoms with van der Waals surface area (Å²) in [4.78, 5) is 11.3. The van der Waals surface area contributed by atoms with E-state index in [0.29, 0.717) is 6.42 Å². The number of nitrogens with one attached hydrogen (secondary N) is 1. The quantitative estimate of drug-likeness (QED) is 0.825. The monoisotopic (exact) mass is 217 g/mol. The highest BCUT2D eigenvalue weighted by molar-refractivity contribution is 5.76. The fourth-order valence-electron chi connectivity index (χ4n) is 2.56. The summed E-state index contributed by atoms with van der Waals surface area (Å²) in [6, 6.07) is 8.60. The predicted octanol–water partition coefficient (Wildman–Crippen LogP) is 2.63. The van der Waals surface area contributed by atoms with E-state index < -0.39 is 0 Å². The smallest absolute Gasteiger partial charge is 0.131 e. The summed E-state index contributed by atoms with van der Waals surface area (Å²) in [5, 5.41) is 3.56. The molecule has 0 saturated carbocycles. The minimum atomic E-state index is 0.0778. The molecule has 16 heavy (non-hydrogen) atoms. The number of Topliss-reactive ketones (excluding diaryl/α,β-unsaturated/α-hetero) is 1. The molecule has 1 aliphatic heterocycles. The van der Waals surface area contributed by atoms with Crippen LogP contribution < -0.4 is 5.32 Å². The topological polar surface area (TPSA) is 29.1 Å². The summed E-state index contributed by atoms with van der Waals surface area (Å²) in [5.41, 5.74) is 2.74. The molecule has 1 unspecified atom stereocenters. The van der Waals surface area contributed by atoms with Gasteiger partial charge in [0.25, 0.3) is 0 Å². The molecule has 1 aliphatic rings. The molecule has 2 rings (SSSR count). The second-order valence-electron chi connectivity index (χ2n) is 5.36. The van der Waals surface area contributed by atoms with E-state index >= 15 is 0 Å². The fraction of sp³-hybridized carbons (Fsp3) is 0.500. The third-order valence-electron chi connectivity index (χ3n) is 3.12. The van der Waals surface area contributed by atoms with E-state index in [-0.39, 0.29) is 17.4 Å². The fourth-order valence-corrected chi connectivity index (χ4v) is 2.56. The Bertz CT molecular complexity index is 409. The van der Waals surface area contributed by atoms with Gasteiger partial charge < -0.3 is 5.32 Å². The minimum Gasteiger partial charge on any atom is -0.304 e. The van der Waals surface area contributed by atoms with Crippen molar-refractivity contribution in [3.63, 3.8) is 0 Å². The summed E-state index contributed by atoms with van der Waals surface area (Å²) < 4.78 is 0. The highest BCUT2D eigenvalue weighted by Gasteiger charge is 2.31. The normalized spacial score (nSPS) is 22.6. The number of rotatable bonds is 2. The van der Waals surface area contributed by atoms with Crippen molar-refractivity contribution < 1.29 is 4.79 Å². The van der Waals surface area contributed by atoms with Gasteiger partial charge >= 0.3 is 0 Å². The molecule has 0 fully saturated rings. The molecule has 1 aromatic carbocycles. The van der Waals surface area contributed by atoms with Crippen molar-refractivity contribution in [3.05, 3.63) is 35.4 Å². The van der Waals surface area contributed by atoms with E-state index in [2.05, 4.69) is 37.4 Å². The lowest BCUT2D eigenvalue weighted by Crippen LogP contribution is -2.47. The van der Waals surface area contributed by atoms with Gasteiger partial charge in [0, 0.05) is 18.0 Å². The van der Waals surface area contributed by atoms with Gasteiger partial charge in [-0.1, -0.05) is 24.3 Å². The third-order valence-corrected chi connectivity index (χ3v) is 3.12. The molecule has 1 aromatic rings. The van der Waals surface area contributed by atoms with Gasteiger partial charge in [0.05, 0.1) is 0 Å². The van der Waals surface area contributed by atoms with Crippen LogP contribution in [0.2, 0.25) is 0 Å². The number of benzene rings is 1. The summed E-state index contributed by atoms with van der Waals surface area (Å²) in [6.07, 6.45) is 1.61. The van der Waals surface area contributed by atoms with Crippen LogP contribution in [0.4, 0.5) is 0 Å². The van der Waals surface area contributed by atoms with Crippen LogP contribution in [-0.4, -0.2) is 11.3 Å². The maximum Gasteiger partial charge on any atom is 0.131 e. The van der Waals surface area contributed by atoms with Gasteiger partial charge in [-0.25, -0.2) is 0 Å². The zero-order valence-corrected chi connectivity index (χ0v) is 10.2. The number of ketones is 1. The summed E-state index contributed by atoms with van der Waals surface area (Å²) in [6.45, 7) is 6.04. The minimum absolute atomic E-state index is 0.0778. The predicted molar refractivity (Wildman–Crippen MR) is 65.4 cm³/mol. The molecule has 2 heteroatoms.